The molecule has 0 saturated carbocycles. The molecule has 0 aliphatic carbocycles. The molecular weight excluding hydrogens is 214 g/mol. The number of aryl methyl sites for hydroxylation is 2. The Morgan fingerprint density at radius 2 is 2.00 bits per heavy atom. The van der Waals surface area contributed by atoms with E-state index in [4.69, 9.17) is 5.73 Å². The van der Waals surface area contributed by atoms with Crippen molar-refractivity contribution in [3.8, 4) is 0 Å². The maximum atomic E-state index is 11.5. The number of aliphatic carboxylic acids is 1. The fourth-order valence-electron chi connectivity index (χ4n) is 2.29. The molecule has 1 aromatic carbocycles. The highest BCUT2D eigenvalue weighted by Crippen LogP contribution is 2.35. The smallest absolute Gasteiger partial charge is 0.313 e. The lowest BCUT2D eigenvalue weighted by Crippen LogP contribution is -2.33. The van der Waals surface area contributed by atoms with Gasteiger partial charge in [0, 0.05) is 5.69 Å². The fourth-order valence-corrected chi connectivity index (χ4v) is 2.29. The standard InChI is InChI=1S/C14H21NO2/c1-5-6-14(4,13(16)17)11-8-9(2)7-10(3)12(11)15/h7-8H,5-6,15H2,1-4H3,(H,16,17). The number of carbonyl (C=O) groups is 1. The van der Waals surface area contributed by atoms with Crippen molar-refractivity contribution in [2.75, 3.05) is 5.73 Å². The van der Waals surface area contributed by atoms with Gasteiger partial charge in [0.15, 0.2) is 0 Å². The van der Waals surface area contributed by atoms with Crippen LogP contribution in [0.2, 0.25) is 0 Å². The van der Waals surface area contributed by atoms with Crippen LogP contribution in [0.15, 0.2) is 12.1 Å². The van der Waals surface area contributed by atoms with Crippen molar-refractivity contribution in [1.29, 1.82) is 0 Å². The molecule has 3 nitrogen and oxygen atoms in total. The summed E-state index contributed by atoms with van der Waals surface area (Å²) >= 11 is 0. The van der Waals surface area contributed by atoms with Gasteiger partial charge in [-0.25, -0.2) is 0 Å². The lowest BCUT2D eigenvalue weighted by molar-refractivity contribution is -0.143. The van der Waals surface area contributed by atoms with Crippen LogP contribution < -0.4 is 5.73 Å². The summed E-state index contributed by atoms with van der Waals surface area (Å²) in [4.78, 5) is 11.5. The zero-order valence-corrected chi connectivity index (χ0v) is 11.0. The Balaban J connectivity index is 3.43. The van der Waals surface area contributed by atoms with Gasteiger partial charge in [-0.15, -0.1) is 0 Å². The number of carboxylic acid groups (broad SMARTS) is 1. The molecule has 1 rings (SSSR count). The average Bonchev–Trinajstić information content (AvgIpc) is 2.23. The number of benzene rings is 1. The van der Waals surface area contributed by atoms with Crippen molar-refractivity contribution in [3.05, 3.63) is 28.8 Å². The van der Waals surface area contributed by atoms with Crippen LogP contribution >= 0.6 is 0 Å². The molecular formula is C14H21NO2. The fraction of sp³-hybridized carbons (Fsp3) is 0.500. The molecule has 1 aromatic rings. The Hall–Kier alpha value is -1.51. The molecule has 1 atom stereocenters. The first-order chi connectivity index (χ1) is 7.82. The van der Waals surface area contributed by atoms with Gasteiger partial charge in [0.25, 0.3) is 0 Å². The molecule has 0 spiro atoms. The van der Waals surface area contributed by atoms with E-state index < -0.39 is 11.4 Å². The van der Waals surface area contributed by atoms with Crippen molar-refractivity contribution in [3.63, 3.8) is 0 Å². The lowest BCUT2D eigenvalue weighted by atomic mass is 9.76. The summed E-state index contributed by atoms with van der Waals surface area (Å²) in [5.41, 5.74) is 8.49. The number of nitrogens with two attached hydrogens (primary N) is 1. The maximum Gasteiger partial charge on any atom is 0.313 e. The number of nitrogen functional groups attached to an aromatic ring is 1. The number of carboxylic acids is 1. The van der Waals surface area contributed by atoms with Gasteiger partial charge in [-0.3, -0.25) is 4.79 Å². The number of rotatable bonds is 4. The highest BCUT2D eigenvalue weighted by atomic mass is 16.4. The topological polar surface area (TPSA) is 63.3 Å². The van der Waals surface area contributed by atoms with E-state index in [9.17, 15) is 9.90 Å². The third-order valence-electron chi connectivity index (χ3n) is 3.35. The van der Waals surface area contributed by atoms with Crippen molar-refractivity contribution in [2.45, 2.75) is 46.0 Å². The third-order valence-corrected chi connectivity index (χ3v) is 3.35. The van der Waals surface area contributed by atoms with Crippen LogP contribution in [0, 0.1) is 13.8 Å². The second kappa shape index (κ2) is 4.78. The molecule has 3 heteroatoms. The molecule has 0 bridgehead atoms. The molecule has 0 aromatic heterocycles. The summed E-state index contributed by atoms with van der Waals surface area (Å²) in [6.07, 6.45) is 1.41. The van der Waals surface area contributed by atoms with Gasteiger partial charge in [-0.05, 0) is 38.3 Å². The van der Waals surface area contributed by atoms with Crippen LogP contribution in [0.1, 0.15) is 43.4 Å². The van der Waals surface area contributed by atoms with E-state index >= 15 is 0 Å². The minimum absolute atomic E-state index is 0.593. The van der Waals surface area contributed by atoms with Gasteiger partial charge in [-0.2, -0.15) is 0 Å². The van der Waals surface area contributed by atoms with E-state index in [0.717, 1.165) is 23.1 Å². The molecule has 0 amide bonds. The Labute approximate surface area is 103 Å². The van der Waals surface area contributed by atoms with E-state index in [1.54, 1.807) is 6.92 Å². The van der Waals surface area contributed by atoms with Crippen LogP contribution in [0.4, 0.5) is 5.69 Å². The van der Waals surface area contributed by atoms with Gasteiger partial charge in [0.1, 0.15) is 0 Å². The average molecular weight is 235 g/mol. The predicted molar refractivity (Wildman–Crippen MR) is 70.2 cm³/mol. The maximum absolute atomic E-state index is 11.5. The molecule has 0 aliphatic rings. The Kier molecular flexibility index (Phi) is 3.81. The van der Waals surface area contributed by atoms with Crippen molar-refractivity contribution in [2.24, 2.45) is 0 Å². The summed E-state index contributed by atoms with van der Waals surface area (Å²) < 4.78 is 0. The molecule has 17 heavy (non-hydrogen) atoms. The van der Waals surface area contributed by atoms with Crippen molar-refractivity contribution < 1.29 is 9.90 Å². The first-order valence-corrected chi connectivity index (χ1v) is 5.93. The van der Waals surface area contributed by atoms with Crippen LogP contribution in [-0.4, -0.2) is 11.1 Å². The minimum atomic E-state index is -0.893. The van der Waals surface area contributed by atoms with E-state index in [1.165, 1.54) is 0 Å². The molecule has 0 heterocycles. The number of anilines is 1. The van der Waals surface area contributed by atoms with Gasteiger partial charge in [0.05, 0.1) is 5.41 Å². The second-order valence-electron chi connectivity index (χ2n) is 4.93. The van der Waals surface area contributed by atoms with Crippen LogP contribution in [0.3, 0.4) is 0 Å². The van der Waals surface area contributed by atoms with Crippen LogP contribution in [0.5, 0.6) is 0 Å². The van der Waals surface area contributed by atoms with Gasteiger partial charge >= 0.3 is 5.97 Å². The molecule has 0 aliphatic heterocycles. The Morgan fingerprint density at radius 1 is 1.41 bits per heavy atom. The zero-order valence-electron chi connectivity index (χ0n) is 11.0. The number of hydrogen-bond acceptors (Lipinski definition) is 2. The monoisotopic (exact) mass is 235 g/mol. The zero-order chi connectivity index (χ0) is 13.2. The molecule has 94 valence electrons. The first-order valence-electron chi connectivity index (χ1n) is 5.93. The van der Waals surface area contributed by atoms with Crippen LogP contribution in [0.25, 0.3) is 0 Å². The summed E-state index contributed by atoms with van der Waals surface area (Å²) in [7, 11) is 0. The quantitative estimate of drug-likeness (QED) is 0.788. The summed E-state index contributed by atoms with van der Waals surface area (Å²) in [5.74, 6) is -0.809. The molecule has 0 radical (unpaired) electrons. The van der Waals surface area contributed by atoms with Crippen molar-refractivity contribution in [1.82, 2.24) is 0 Å². The van der Waals surface area contributed by atoms with E-state index in [0.29, 0.717) is 12.1 Å². The number of hydrogen-bond donors (Lipinski definition) is 2. The highest BCUT2D eigenvalue weighted by Gasteiger charge is 2.36. The molecule has 1 unspecified atom stereocenters. The molecule has 0 saturated heterocycles. The van der Waals surface area contributed by atoms with Gasteiger partial charge in [0.2, 0.25) is 0 Å². The minimum Gasteiger partial charge on any atom is -0.481 e. The third kappa shape index (κ3) is 2.43. The largest absolute Gasteiger partial charge is 0.481 e. The summed E-state index contributed by atoms with van der Waals surface area (Å²) in [6, 6.07) is 3.87. The summed E-state index contributed by atoms with van der Waals surface area (Å²) in [5, 5.41) is 9.47. The first kappa shape index (κ1) is 13.6. The Bertz CT molecular complexity index is 440. The van der Waals surface area contributed by atoms with Gasteiger partial charge in [-0.1, -0.05) is 31.0 Å². The van der Waals surface area contributed by atoms with E-state index in [2.05, 4.69) is 0 Å². The van der Waals surface area contributed by atoms with E-state index in [1.807, 2.05) is 32.9 Å². The SMILES string of the molecule is CCCC(C)(C(=O)O)c1cc(C)cc(C)c1N. The van der Waals surface area contributed by atoms with Gasteiger partial charge < -0.3 is 10.8 Å². The molecule has 3 N–H and O–H groups in total. The van der Waals surface area contributed by atoms with Crippen molar-refractivity contribution >= 4 is 11.7 Å². The Morgan fingerprint density at radius 3 is 2.47 bits per heavy atom. The van der Waals surface area contributed by atoms with Crippen LogP contribution in [-0.2, 0) is 10.2 Å². The lowest BCUT2D eigenvalue weighted by Gasteiger charge is -2.27. The summed E-state index contributed by atoms with van der Waals surface area (Å²) in [6.45, 7) is 7.62. The van der Waals surface area contributed by atoms with E-state index in [-0.39, 0.29) is 0 Å². The normalized spacial score (nSPS) is 14.4. The predicted octanol–water partition coefficient (Wildman–Crippen LogP) is 3.03. The second-order valence-corrected chi connectivity index (χ2v) is 4.93. The highest BCUT2D eigenvalue weighted by molar-refractivity contribution is 5.83. The molecule has 0 fully saturated rings.